The lowest BCUT2D eigenvalue weighted by molar-refractivity contribution is -0.511. The van der Waals surface area contributed by atoms with Crippen LogP contribution >= 0.6 is 11.8 Å². The van der Waals surface area contributed by atoms with E-state index < -0.39 is 0 Å². The summed E-state index contributed by atoms with van der Waals surface area (Å²) in [5, 5.41) is 1.35. The van der Waals surface area contributed by atoms with Gasteiger partial charge in [0.25, 0.3) is 0 Å². The minimum Gasteiger partial charge on any atom is -1.00 e. The van der Waals surface area contributed by atoms with Crippen molar-refractivity contribution in [3.63, 3.8) is 0 Å². The Hall–Kier alpha value is -0.0300. The third kappa shape index (κ3) is 4.46. The van der Waals surface area contributed by atoms with Gasteiger partial charge in [0.05, 0.1) is 0 Å². The van der Waals surface area contributed by atoms with Gasteiger partial charge in [-0.15, -0.1) is 0 Å². The second-order valence-corrected chi connectivity index (χ2v) is 4.06. The van der Waals surface area contributed by atoms with E-state index in [2.05, 4.69) is 55.1 Å². The Kier molecular flexibility index (Phi) is 7.27. The number of nitrogens with zero attached hydrogens (tertiary/aromatic N) is 1. The highest BCUT2D eigenvalue weighted by molar-refractivity contribution is 8.13. The molecule has 1 rings (SSSR count). The van der Waals surface area contributed by atoms with Gasteiger partial charge in [-0.3, -0.25) is 0 Å². The number of hydrogen-bond acceptors (Lipinski definition) is 1. The molecule has 0 saturated heterocycles. The van der Waals surface area contributed by atoms with E-state index in [0.717, 1.165) is 6.54 Å². The van der Waals surface area contributed by atoms with Gasteiger partial charge < -0.3 is 24.0 Å². The zero-order valence-electron chi connectivity index (χ0n) is 8.83. The van der Waals surface area contributed by atoms with Crippen LogP contribution in [-0.4, -0.2) is 22.9 Å². The summed E-state index contributed by atoms with van der Waals surface area (Å²) in [6.45, 7) is 3.14. The average Bonchev–Trinajstić information content (AvgIpc) is 2.18. The third-order valence-electron chi connectivity index (χ3n) is 2.10. The van der Waals surface area contributed by atoms with Crippen molar-refractivity contribution in [2.75, 3.05) is 13.3 Å². The Bertz CT molecular complexity index is 295. The van der Waals surface area contributed by atoms with Crippen LogP contribution in [0.3, 0.4) is 0 Å². The molecule has 0 radical (unpaired) electrons. The van der Waals surface area contributed by atoms with E-state index in [9.17, 15) is 0 Å². The molecule has 14 heavy (non-hydrogen) atoms. The molecule has 0 heterocycles. The van der Waals surface area contributed by atoms with Crippen molar-refractivity contribution in [2.24, 2.45) is 0 Å². The lowest BCUT2D eigenvalue weighted by Gasteiger charge is -2.00. The molecule has 0 unspecified atom stereocenters. The molecule has 0 aliphatic heterocycles. The van der Waals surface area contributed by atoms with Crippen molar-refractivity contribution in [3.8, 4) is 0 Å². The summed E-state index contributed by atoms with van der Waals surface area (Å²) >= 11 is 1.79. The van der Waals surface area contributed by atoms with Crippen LogP contribution < -0.4 is 24.0 Å². The van der Waals surface area contributed by atoms with Crippen molar-refractivity contribution < 1.29 is 28.6 Å². The highest BCUT2D eigenvalue weighted by Crippen LogP contribution is 2.02. The predicted octanol–water partition coefficient (Wildman–Crippen LogP) is -0.386. The SMILES string of the molecule is CSC(C)=[N+](C)Cc1ccccc1.[I-]. The molecular weight excluding hydrogens is 305 g/mol. The zero-order chi connectivity index (χ0) is 9.68. The van der Waals surface area contributed by atoms with E-state index in [-0.39, 0.29) is 24.0 Å². The normalized spacial score (nSPS) is 11.6. The average molecular weight is 321 g/mol. The molecule has 1 nitrogen and oxygen atoms in total. The lowest BCUT2D eigenvalue weighted by atomic mass is 10.2. The molecule has 0 aliphatic rings. The van der Waals surface area contributed by atoms with Crippen molar-refractivity contribution in [1.29, 1.82) is 0 Å². The first-order valence-electron chi connectivity index (χ1n) is 4.36. The number of benzene rings is 1. The summed E-state index contributed by atoms with van der Waals surface area (Å²) in [5.74, 6) is 0. The van der Waals surface area contributed by atoms with E-state index in [4.69, 9.17) is 0 Å². The fourth-order valence-corrected chi connectivity index (χ4v) is 1.50. The number of hydrogen-bond donors (Lipinski definition) is 0. The van der Waals surface area contributed by atoms with Gasteiger partial charge in [-0.25, -0.2) is 4.58 Å². The van der Waals surface area contributed by atoms with Gasteiger partial charge in [-0.05, 0) is 6.26 Å². The Morgan fingerprint density at radius 3 is 2.36 bits per heavy atom. The van der Waals surface area contributed by atoms with Crippen LogP contribution in [0.2, 0.25) is 0 Å². The predicted molar refractivity (Wildman–Crippen MR) is 60.5 cm³/mol. The van der Waals surface area contributed by atoms with Crippen LogP contribution in [0, 0.1) is 0 Å². The number of rotatable bonds is 2. The number of thioether (sulfide) groups is 1. The van der Waals surface area contributed by atoms with Crippen molar-refractivity contribution in [1.82, 2.24) is 0 Å². The maximum absolute atomic E-state index is 2.26. The van der Waals surface area contributed by atoms with Crippen molar-refractivity contribution >= 4 is 16.8 Å². The molecule has 3 heteroatoms. The van der Waals surface area contributed by atoms with Gasteiger partial charge in [0.1, 0.15) is 7.05 Å². The van der Waals surface area contributed by atoms with Crippen LogP contribution in [0.4, 0.5) is 0 Å². The Balaban J connectivity index is 0.00000169. The minimum absolute atomic E-state index is 0. The Labute approximate surface area is 108 Å². The smallest absolute Gasteiger partial charge is 0.207 e. The van der Waals surface area contributed by atoms with E-state index >= 15 is 0 Å². The Morgan fingerprint density at radius 2 is 1.86 bits per heavy atom. The first-order chi connectivity index (χ1) is 6.24. The van der Waals surface area contributed by atoms with Crippen LogP contribution in [0.25, 0.3) is 0 Å². The van der Waals surface area contributed by atoms with E-state index in [1.807, 2.05) is 0 Å². The summed E-state index contributed by atoms with van der Waals surface area (Å²) in [6, 6.07) is 10.5. The van der Waals surface area contributed by atoms with Crippen LogP contribution in [0.5, 0.6) is 0 Å². The lowest BCUT2D eigenvalue weighted by Crippen LogP contribution is -3.00. The summed E-state index contributed by atoms with van der Waals surface area (Å²) in [6.07, 6.45) is 2.11. The molecule has 0 atom stereocenters. The largest absolute Gasteiger partial charge is 1.00 e. The maximum Gasteiger partial charge on any atom is 0.207 e. The van der Waals surface area contributed by atoms with Crippen LogP contribution in [-0.2, 0) is 6.54 Å². The maximum atomic E-state index is 2.26. The van der Waals surface area contributed by atoms with E-state index in [1.165, 1.54) is 10.6 Å². The van der Waals surface area contributed by atoms with Crippen molar-refractivity contribution in [2.45, 2.75) is 13.5 Å². The molecule has 1 aromatic carbocycles. The van der Waals surface area contributed by atoms with Gasteiger partial charge in [-0.1, -0.05) is 42.1 Å². The Morgan fingerprint density at radius 1 is 1.29 bits per heavy atom. The quantitative estimate of drug-likeness (QED) is 0.310. The zero-order valence-corrected chi connectivity index (χ0v) is 11.8. The van der Waals surface area contributed by atoms with Crippen molar-refractivity contribution in [3.05, 3.63) is 35.9 Å². The molecule has 0 N–H and O–H groups in total. The van der Waals surface area contributed by atoms with Gasteiger partial charge >= 0.3 is 0 Å². The summed E-state index contributed by atoms with van der Waals surface area (Å²) < 4.78 is 2.26. The molecule has 0 aromatic heterocycles. The second kappa shape index (κ2) is 7.29. The van der Waals surface area contributed by atoms with E-state index in [1.54, 1.807) is 11.8 Å². The van der Waals surface area contributed by atoms with E-state index in [0.29, 0.717) is 0 Å². The van der Waals surface area contributed by atoms with Gasteiger partial charge in [0, 0.05) is 12.5 Å². The molecule has 0 amide bonds. The standard InChI is InChI=1S/C11H16NS.HI/c1-10(13-3)12(2)9-11-7-5-4-6-8-11;/h4-8H,9H2,1-3H3;1H/q+1;/p-1. The fourth-order valence-electron chi connectivity index (χ4n) is 1.12. The first-order valence-corrected chi connectivity index (χ1v) is 5.59. The molecule has 0 fully saturated rings. The molecular formula is C11H16INS. The summed E-state index contributed by atoms with van der Waals surface area (Å²) in [7, 11) is 2.12. The molecule has 0 aliphatic carbocycles. The van der Waals surface area contributed by atoms with Crippen LogP contribution in [0.1, 0.15) is 12.5 Å². The summed E-state index contributed by atoms with van der Waals surface area (Å²) in [5.41, 5.74) is 1.36. The molecule has 1 aromatic rings. The van der Waals surface area contributed by atoms with Gasteiger partial charge in [0.15, 0.2) is 6.54 Å². The molecule has 0 saturated carbocycles. The first kappa shape index (κ1) is 14.0. The molecule has 0 spiro atoms. The molecule has 78 valence electrons. The highest BCUT2D eigenvalue weighted by Gasteiger charge is 2.03. The highest BCUT2D eigenvalue weighted by atomic mass is 127. The van der Waals surface area contributed by atoms with Gasteiger partial charge in [0.2, 0.25) is 5.04 Å². The topological polar surface area (TPSA) is 3.01 Å². The minimum atomic E-state index is 0. The second-order valence-electron chi connectivity index (χ2n) is 3.06. The number of halogens is 1. The van der Waals surface area contributed by atoms with Crippen LogP contribution in [0.15, 0.2) is 30.3 Å². The monoisotopic (exact) mass is 321 g/mol. The molecule has 0 bridgehead atoms. The fraction of sp³-hybridized carbons (Fsp3) is 0.364. The third-order valence-corrected chi connectivity index (χ3v) is 3.00. The van der Waals surface area contributed by atoms with Gasteiger partial charge in [-0.2, -0.15) is 0 Å². The summed E-state index contributed by atoms with van der Waals surface area (Å²) in [4.78, 5) is 0.